The molecule has 0 bridgehead atoms. The van der Waals surface area contributed by atoms with Crippen LogP contribution in [-0.4, -0.2) is 57.4 Å². The Hall–Kier alpha value is -2.25. The third-order valence-corrected chi connectivity index (χ3v) is 4.68. The van der Waals surface area contributed by atoms with E-state index in [2.05, 4.69) is 15.2 Å². The van der Waals surface area contributed by atoms with Gasteiger partial charge in [0.2, 0.25) is 0 Å². The van der Waals surface area contributed by atoms with E-state index < -0.39 is 0 Å². The van der Waals surface area contributed by atoms with Crippen molar-refractivity contribution >= 4 is 5.91 Å². The van der Waals surface area contributed by atoms with Crippen LogP contribution >= 0.6 is 0 Å². The maximum absolute atomic E-state index is 12.7. The molecule has 7 nitrogen and oxygen atoms in total. The van der Waals surface area contributed by atoms with E-state index >= 15 is 0 Å². The minimum Gasteiger partial charge on any atom is -0.373 e. The molecule has 4 rings (SSSR count). The first-order valence-electron chi connectivity index (χ1n) is 8.25. The van der Waals surface area contributed by atoms with Gasteiger partial charge in [0.05, 0.1) is 19.2 Å². The van der Waals surface area contributed by atoms with E-state index in [0.717, 1.165) is 25.0 Å². The van der Waals surface area contributed by atoms with Crippen LogP contribution in [0, 0.1) is 0 Å². The first-order valence-corrected chi connectivity index (χ1v) is 8.25. The van der Waals surface area contributed by atoms with Crippen molar-refractivity contribution in [3.63, 3.8) is 0 Å². The van der Waals surface area contributed by atoms with Gasteiger partial charge in [-0.3, -0.25) is 14.9 Å². The fraction of sp³-hybridized carbons (Fsp3) is 0.471. The quantitative estimate of drug-likeness (QED) is 0.917. The maximum atomic E-state index is 12.7. The first-order chi connectivity index (χ1) is 11.8. The molecule has 2 fully saturated rings. The van der Waals surface area contributed by atoms with Gasteiger partial charge in [-0.2, -0.15) is 5.10 Å². The number of ether oxygens (including phenoxy) is 2. The van der Waals surface area contributed by atoms with Crippen molar-refractivity contribution in [3.05, 3.63) is 48.0 Å². The Labute approximate surface area is 140 Å². The predicted octanol–water partition coefficient (Wildman–Crippen LogP) is 1.39. The van der Waals surface area contributed by atoms with Crippen molar-refractivity contribution in [2.45, 2.75) is 37.7 Å². The van der Waals surface area contributed by atoms with Crippen LogP contribution in [0.3, 0.4) is 0 Å². The molecule has 2 aliphatic rings. The van der Waals surface area contributed by atoms with E-state index in [4.69, 9.17) is 9.47 Å². The van der Waals surface area contributed by atoms with Gasteiger partial charge in [-0.1, -0.05) is 0 Å². The molecule has 0 aliphatic carbocycles. The molecule has 2 aromatic rings. The van der Waals surface area contributed by atoms with Crippen LogP contribution in [0.4, 0.5) is 0 Å². The number of likely N-dealkylation sites (tertiary alicyclic amines) is 1. The normalized spacial score (nSPS) is 26.3. The van der Waals surface area contributed by atoms with E-state index in [1.165, 1.54) is 0 Å². The third kappa shape index (κ3) is 2.92. The SMILES string of the molecule is O=C(c1ccn[nH]1)N1C[C@H](OCc2ccncc2)[C@H]2OCCC[C@H]21. The molecule has 2 aliphatic heterocycles. The second-order valence-electron chi connectivity index (χ2n) is 6.18. The molecule has 4 heterocycles. The summed E-state index contributed by atoms with van der Waals surface area (Å²) < 4.78 is 12.0. The number of hydrogen-bond donors (Lipinski definition) is 1. The summed E-state index contributed by atoms with van der Waals surface area (Å²) in [5.41, 5.74) is 1.57. The van der Waals surface area contributed by atoms with Crippen molar-refractivity contribution in [1.29, 1.82) is 0 Å². The fourth-order valence-electron chi connectivity index (χ4n) is 3.50. The summed E-state index contributed by atoms with van der Waals surface area (Å²) in [5.74, 6) is -0.0389. The Kier molecular flexibility index (Phi) is 4.27. The van der Waals surface area contributed by atoms with Gasteiger partial charge in [0, 0.05) is 25.2 Å². The van der Waals surface area contributed by atoms with Crippen LogP contribution < -0.4 is 0 Å². The van der Waals surface area contributed by atoms with E-state index in [1.54, 1.807) is 24.7 Å². The Bertz CT molecular complexity index is 676. The van der Waals surface area contributed by atoms with Crippen LogP contribution in [0.5, 0.6) is 0 Å². The van der Waals surface area contributed by atoms with Gasteiger partial charge >= 0.3 is 0 Å². The Morgan fingerprint density at radius 1 is 1.33 bits per heavy atom. The van der Waals surface area contributed by atoms with Crippen LogP contribution in [0.2, 0.25) is 0 Å². The number of nitrogens with one attached hydrogen (secondary N) is 1. The lowest BCUT2D eigenvalue weighted by Gasteiger charge is -2.31. The molecule has 3 atom stereocenters. The summed E-state index contributed by atoms with van der Waals surface area (Å²) in [4.78, 5) is 18.6. The highest BCUT2D eigenvalue weighted by molar-refractivity contribution is 5.92. The average Bonchev–Trinajstić information content (AvgIpc) is 3.29. The Balaban J connectivity index is 1.48. The lowest BCUT2D eigenvalue weighted by Crippen LogP contribution is -2.44. The minimum absolute atomic E-state index is 0.0389. The maximum Gasteiger partial charge on any atom is 0.272 e. The zero-order valence-corrected chi connectivity index (χ0v) is 13.3. The molecule has 0 unspecified atom stereocenters. The zero-order chi connectivity index (χ0) is 16.4. The van der Waals surface area contributed by atoms with Gasteiger partial charge < -0.3 is 14.4 Å². The highest BCUT2D eigenvalue weighted by Gasteiger charge is 2.47. The van der Waals surface area contributed by atoms with Crippen molar-refractivity contribution < 1.29 is 14.3 Å². The molecule has 0 aromatic carbocycles. The number of nitrogens with zero attached hydrogens (tertiary/aromatic N) is 3. The van der Waals surface area contributed by atoms with Crippen molar-refractivity contribution in [3.8, 4) is 0 Å². The summed E-state index contributed by atoms with van der Waals surface area (Å²) >= 11 is 0. The Morgan fingerprint density at radius 3 is 3.00 bits per heavy atom. The molecule has 24 heavy (non-hydrogen) atoms. The number of rotatable bonds is 4. The number of hydrogen-bond acceptors (Lipinski definition) is 5. The first kappa shape index (κ1) is 15.3. The van der Waals surface area contributed by atoms with Crippen LogP contribution in [0.1, 0.15) is 28.9 Å². The number of carbonyl (C=O) groups excluding carboxylic acids is 1. The second kappa shape index (κ2) is 6.70. The summed E-state index contributed by atoms with van der Waals surface area (Å²) in [6, 6.07) is 5.63. The van der Waals surface area contributed by atoms with Crippen molar-refractivity contribution in [2.75, 3.05) is 13.2 Å². The number of fused-ring (bicyclic) bond motifs is 1. The number of carbonyl (C=O) groups is 1. The van der Waals surface area contributed by atoms with Gasteiger partial charge in [0.1, 0.15) is 17.9 Å². The molecule has 1 amide bonds. The number of aromatic nitrogens is 3. The van der Waals surface area contributed by atoms with E-state index in [0.29, 0.717) is 18.8 Å². The third-order valence-electron chi connectivity index (χ3n) is 4.68. The molecule has 1 N–H and O–H groups in total. The molecular formula is C17H20N4O3. The standard InChI is InChI=1S/C17H20N4O3/c22-17(13-5-8-19-20-13)21-10-15(16-14(21)2-1-9-23-16)24-11-12-3-6-18-7-4-12/h3-8,14-16H,1-2,9-11H2,(H,19,20)/t14-,15+,16+/m1/s1. The molecule has 0 spiro atoms. The largest absolute Gasteiger partial charge is 0.373 e. The second-order valence-corrected chi connectivity index (χ2v) is 6.18. The molecule has 2 saturated heterocycles. The summed E-state index contributed by atoms with van der Waals surface area (Å²) in [6.45, 7) is 1.76. The van der Waals surface area contributed by atoms with E-state index in [-0.39, 0.29) is 24.2 Å². The lowest BCUT2D eigenvalue weighted by atomic mass is 10.0. The van der Waals surface area contributed by atoms with Crippen LogP contribution in [0.15, 0.2) is 36.8 Å². The van der Waals surface area contributed by atoms with Gasteiger partial charge in [0.25, 0.3) is 5.91 Å². The lowest BCUT2D eigenvalue weighted by molar-refractivity contribution is -0.0809. The summed E-state index contributed by atoms with van der Waals surface area (Å²) in [5, 5.41) is 6.63. The fourth-order valence-corrected chi connectivity index (χ4v) is 3.50. The smallest absolute Gasteiger partial charge is 0.272 e. The van der Waals surface area contributed by atoms with Crippen LogP contribution in [-0.2, 0) is 16.1 Å². The topological polar surface area (TPSA) is 80.3 Å². The van der Waals surface area contributed by atoms with Crippen molar-refractivity contribution in [2.24, 2.45) is 0 Å². The van der Waals surface area contributed by atoms with Crippen LogP contribution in [0.25, 0.3) is 0 Å². The Morgan fingerprint density at radius 2 is 2.21 bits per heavy atom. The molecule has 0 radical (unpaired) electrons. The molecule has 2 aromatic heterocycles. The van der Waals surface area contributed by atoms with Gasteiger partial charge in [0.15, 0.2) is 0 Å². The summed E-state index contributed by atoms with van der Waals surface area (Å²) in [6.07, 6.45) is 6.82. The predicted molar refractivity (Wildman–Crippen MR) is 85.2 cm³/mol. The minimum atomic E-state index is -0.115. The van der Waals surface area contributed by atoms with Gasteiger partial charge in [-0.15, -0.1) is 0 Å². The number of aromatic amines is 1. The zero-order valence-electron chi connectivity index (χ0n) is 13.3. The van der Waals surface area contributed by atoms with E-state index in [1.807, 2.05) is 17.0 Å². The van der Waals surface area contributed by atoms with Gasteiger partial charge in [-0.25, -0.2) is 0 Å². The highest BCUT2D eigenvalue weighted by atomic mass is 16.5. The van der Waals surface area contributed by atoms with E-state index in [9.17, 15) is 4.79 Å². The summed E-state index contributed by atoms with van der Waals surface area (Å²) in [7, 11) is 0. The van der Waals surface area contributed by atoms with Gasteiger partial charge in [-0.05, 0) is 36.6 Å². The average molecular weight is 328 g/mol. The molecule has 126 valence electrons. The molecule has 7 heteroatoms. The molecular weight excluding hydrogens is 308 g/mol. The number of H-pyrrole nitrogens is 1. The number of pyridine rings is 1. The van der Waals surface area contributed by atoms with Crippen molar-refractivity contribution in [1.82, 2.24) is 20.1 Å². The molecule has 0 saturated carbocycles. The number of amides is 1. The monoisotopic (exact) mass is 328 g/mol. The highest BCUT2D eigenvalue weighted by Crippen LogP contribution is 2.32.